The molecular formula is C16H22N2O3. The lowest BCUT2D eigenvalue weighted by Gasteiger charge is -2.24. The molecule has 1 aromatic carbocycles. The highest BCUT2D eigenvalue weighted by Gasteiger charge is 2.11. The predicted molar refractivity (Wildman–Crippen MR) is 82.3 cm³/mol. The molecule has 21 heavy (non-hydrogen) atoms. The van der Waals surface area contributed by atoms with E-state index in [1.165, 1.54) is 0 Å². The van der Waals surface area contributed by atoms with Gasteiger partial charge in [0.25, 0.3) is 0 Å². The summed E-state index contributed by atoms with van der Waals surface area (Å²) in [6.45, 7) is 4.87. The van der Waals surface area contributed by atoms with Gasteiger partial charge in [0.05, 0.1) is 27.9 Å². The molecule has 0 aliphatic carbocycles. The maximum absolute atomic E-state index is 5.39. The second-order valence-electron chi connectivity index (χ2n) is 4.73. The molecule has 1 aliphatic heterocycles. The Morgan fingerprint density at radius 2 is 1.67 bits per heavy atom. The van der Waals surface area contributed by atoms with Crippen LogP contribution in [0.15, 0.2) is 12.1 Å². The molecule has 1 heterocycles. The van der Waals surface area contributed by atoms with Crippen LogP contribution in [0.3, 0.4) is 0 Å². The largest absolute Gasteiger partial charge is 0.496 e. The lowest BCUT2D eigenvalue weighted by Crippen LogP contribution is -2.43. The zero-order valence-corrected chi connectivity index (χ0v) is 12.9. The fourth-order valence-electron chi connectivity index (χ4n) is 2.24. The molecule has 0 saturated carbocycles. The molecule has 5 heteroatoms. The van der Waals surface area contributed by atoms with E-state index >= 15 is 0 Å². The number of nitrogens with zero attached hydrogens (tertiary/aromatic N) is 1. The summed E-state index contributed by atoms with van der Waals surface area (Å²) in [5.41, 5.74) is 0.760. The second kappa shape index (κ2) is 7.77. The van der Waals surface area contributed by atoms with Crippen LogP contribution in [0.5, 0.6) is 17.2 Å². The fourth-order valence-corrected chi connectivity index (χ4v) is 2.24. The molecule has 114 valence electrons. The van der Waals surface area contributed by atoms with Gasteiger partial charge in [0.2, 0.25) is 0 Å². The first-order valence-electron chi connectivity index (χ1n) is 7.00. The summed E-state index contributed by atoms with van der Waals surface area (Å²) in [6, 6.07) is 3.63. The lowest BCUT2D eigenvalue weighted by atomic mass is 10.1. The van der Waals surface area contributed by atoms with Crippen LogP contribution in [0.2, 0.25) is 0 Å². The van der Waals surface area contributed by atoms with Crippen LogP contribution in [0.1, 0.15) is 5.56 Å². The first-order chi connectivity index (χ1) is 10.3. The first kappa shape index (κ1) is 15.5. The van der Waals surface area contributed by atoms with Gasteiger partial charge < -0.3 is 19.5 Å². The van der Waals surface area contributed by atoms with Crippen molar-refractivity contribution >= 4 is 0 Å². The van der Waals surface area contributed by atoms with Crippen LogP contribution in [0, 0.1) is 11.8 Å². The van der Waals surface area contributed by atoms with E-state index < -0.39 is 0 Å². The highest BCUT2D eigenvalue weighted by atomic mass is 16.5. The Morgan fingerprint density at radius 1 is 1.05 bits per heavy atom. The van der Waals surface area contributed by atoms with E-state index in [0.29, 0.717) is 17.2 Å². The summed E-state index contributed by atoms with van der Waals surface area (Å²) in [4.78, 5) is 2.33. The molecule has 0 unspecified atom stereocenters. The number of hydrogen-bond donors (Lipinski definition) is 1. The Morgan fingerprint density at radius 3 is 2.19 bits per heavy atom. The van der Waals surface area contributed by atoms with E-state index in [0.717, 1.165) is 38.3 Å². The topological polar surface area (TPSA) is 43.0 Å². The zero-order chi connectivity index (χ0) is 15.1. The number of nitrogens with one attached hydrogen (secondary N) is 1. The van der Waals surface area contributed by atoms with Gasteiger partial charge >= 0.3 is 0 Å². The maximum atomic E-state index is 5.39. The molecule has 5 nitrogen and oxygen atoms in total. The molecule has 1 aliphatic rings. The van der Waals surface area contributed by atoms with Gasteiger partial charge in [0.15, 0.2) is 0 Å². The Hall–Kier alpha value is -1.90. The van der Waals surface area contributed by atoms with Crippen LogP contribution >= 0.6 is 0 Å². The molecule has 1 N–H and O–H groups in total. The van der Waals surface area contributed by atoms with E-state index in [1.54, 1.807) is 21.3 Å². The minimum atomic E-state index is 0.666. The minimum absolute atomic E-state index is 0.666. The van der Waals surface area contributed by atoms with Crippen molar-refractivity contribution in [2.75, 3.05) is 54.1 Å². The summed E-state index contributed by atoms with van der Waals surface area (Å²) in [5.74, 6) is 8.39. The SMILES string of the molecule is COc1cc(OC)c(C#CCN2CCNCC2)c(OC)c1. The molecule has 0 spiro atoms. The average molecular weight is 290 g/mol. The smallest absolute Gasteiger partial charge is 0.141 e. The maximum Gasteiger partial charge on any atom is 0.141 e. The third-order valence-corrected chi connectivity index (χ3v) is 3.44. The Labute approximate surface area is 126 Å². The van der Waals surface area contributed by atoms with Gasteiger partial charge in [-0.05, 0) is 0 Å². The summed E-state index contributed by atoms with van der Waals surface area (Å²) in [7, 11) is 4.86. The molecule has 1 aromatic rings. The molecule has 2 rings (SSSR count). The van der Waals surface area contributed by atoms with Gasteiger partial charge in [0.1, 0.15) is 22.8 Å². The Kier molecular flexibility index (Phi) is 5.73. The van der Waals surface area contributed by atoms with E-state index in [-0.39, 0.29) is 0 Å². The number of benzene rings is 1. The highest BCUT2D eigenvalue weighted by molar-refractivity contribution is 5.58. The van der Waals surface area contributed by atoms with Crippen molar-refractivity contribution in [3.63, 3.8) is 0 Å². The highest BCUT2D eigenvalue weighted by Crippen LogP contribution is 2.33. The van der Waals surface area contributed by atoms with Gasteiger partial charge in [-0.25, -0.2) is 0 Å². The summed E-state index contributed by atoms with van der Waals surface area (Å²) >= 11 is 0. The minimum Gasteiger partial charge on any atom is -0.496 e. The molecule has 0 aromatic heterocycles. The van der Waals surface area contributed by atoms with Crippen LogP contribution in [0.4, 0.5) is 0 Å². The molecular weight excluding hydrogens is 268 g/mol. The van der Waals surface area contributed by atoms with Crippen molar-refractivity contribution in [1.29, 1.82) is 0 Å². The van der Waals surface area contributed by atoms with Crippen molar-refractivity contribution < 1.29 is 14.2 Å². The molecule has 1 fully saturated rings. The van der Waals surface area contributed by atoms with Crippen molar-refractivity contribution in [3.8, 4) is 29.1 Å². The van der Waals surface area contributed by atoms with Crippen LogP contribution < -0.4 is 19.5 Å². The van der Waals surface area contributed by atoms with Crippen molar-refractivity contribution in [1.82, 2.24) is 10.2 Å². The van der Waals surface area contributed by atoms with Gasteiger partial charge in [-0.2, -0.15) is 0 Å². The van der Waals surface area contributed by atoms with Gasteiger partial charge in [-0.15, -0.1) is 0 Å². The third kappa shape index (κ3) is 4.03. The number of hydrogen-bond acceptors (Lipinski definition) is 5. The Balaban J connectivity index is 2.18. The van der Waals surface area contributed by atoms with Crippen molar-refractivity contribution in [2.24, 2.45) is 0 Å². The van der Waals surface area contributed by atoms with Crippen molar-refractivity contribution in [3.05, 3.63) is 17.7 Å². The van der Waals surface area contributed by atoms with Gasteiger partial charge in [-0.3, -0.25) is 4.90 Å². The third-order valence-electron chi connectivity index (χ3n) is 3.44. The number of rotatable bonds is 4. The van der Waals surface area contributed by atoms with Gasteiger partial charge in [-0.1, -0.05) is 11.8 Å². The molecule has 0 atom stereocenters. The Bertz CT molecular complexity index is 503. The average Bonchev–Trinajstić information content (AvgIpc) is 2.55. The fraction of sp³-hybridized carbons (Fsp3) is 0.500. The lowest BCUT2D eigenvalue weighted by molar-refractivity contribution is 0.268. The predicted octanol–water partition coefficient (Wildman–Crippen LogP) is 0.969. The normalized spacial score (nSPS) is 15.0. The van der Waals surface area contributed by atoms with E-state index in [9.17, 15) is 0 Å². The number of methoxy groups -OCH3 is 3. The van der Waals surface area contributed by atoms with Gasteiger partial charge in [0, 0.05) is 38.3 Å². The van der Waals surface area contributed by atoms with Crippen LogP contribution in [-0.2, 0) is 0 Å². The standard InChI is InChI=1S/C16H22N2O3/c1-19-13-11-15(20-2)14(16(12-13)21-3)5-4-8-18-9-6-17-7-10-18/h11-12,17H,6-10H2,1-3H3. The first-order valence-corrected chi connectivity index (χ1v) is 7.00. The van der Waals surface area contributed by atoms with E-state index in [2.05, 4.69) is 22.1 Å². The molecule has 1 saturated heterocycles. The van der Waals surface area contributed by atoms with Crippen molar-refractivity contribution in [2.45, 2.75) is 0 Å². The van der Waals surface area contributed by atoms with Crippen LogP contribution in [0.25, 0.3) is 0 Å². The number of piperazine rings is 1. The number of ether oxygens (including phenoxy) is 3. The quantitative estimate of drug-likeness (QED) is 0.837. The van der Waals surface area contributed by atoms with E-state index in [1.807, 2.05) is 12.1 Å². The monoisotopic (exact) mass is 290 g/mol. The summed E-state index contributed by atoms with van der Waals surface area (Å²) < 4.78 is 16.0. The summed E-state index contributed by atoms with van der Waals surface area (Å²) in [6.07, 6.45) is 0. The summed E-state index contributed by atoms with van der Waals surface area (Å²) in [5, 5.41) is 3.33. The van der Waals surface area contributed by atoms with E-state index in [4.69, 9.17) is 14.2 Å². The molecule has 0 bridgehead atoms. The zero-order valence-electron chi connectivity index (χ0n) is 12.9. The molecule has 0 amide bonds. The second-order valence-corrected chi connectivity index (χ2v) is 4.73. The molecule has 0 radical (unpaired) electrons. The van der Waals surface area contributed by atoms with Crippen LogP contribution in [-0.4, -0.2) is 59.0 Å².